The van der Waals surface area contributed by atoms with Gasteiger partial charge in [0.2, 0.25) is 5.75 Å². The second-order valence-electron chi connectivity index (χ2n) is 5.51. The SMILES string of the molecule is COc1cc(C(=O)Nc2ccc3c(c2)OCC(=O)N3)c(Br)c(OC)c1OC. The van der Waals surface area contributed by atoms with E-state index in [9.17, 15) is 9.59 Å². The highest BCUT2D eigenvalue weighted by Crippen LogP contribution is 2.45. The standard InChI is InChI=1S/C18H17BrN2O6/c1-24-13-7-10(15(19)17(26-3)16(13)25-2)18(23)20-9-4-5-11-12(6-9)27-8-14(22)21-11/h4-7H,8H2,1-3H3,(H,20,23)(H,21,22). The van der Waals surface area contributed by atoms with Gasteiger partial charge in [-0.25, -0.2) is 0 Å². The number of benzene rings is 2. The van der Waals surface area contributed by atoms with Crippen LogP contribution in [0.3, 0.4) is 0 Å². The molecule has 0 atom stereocenters. The molecule has 0 radical (unpaired) electrons. The van der Waals surface area contributed by atoms with Crippen molar-refractivity contribution in [3.05, 3.63) is 34.3 Å². The predicted octanol–water partition coefficient (Wildman–Crippen LogP) is 3.06. The van der Waals surface area contributed by atoms with Gasteiger partial charge in [-0.2, -0.15) is 0 Å². The Morgan fingerprint density at radius 2 is 1.89 bits per heavy atom. The van der Waals surface area contributed by atoms with Crippen LogP contribution in [0.15, 0.2) is 28.7 Å². The molecule has 9 heteroatoms. The van der Waals surface area contributed by atoms with Gasteiger partial charge in [-0.15, -0.1) is 0 Å². The molecule has 8 nitrogen and oxygen atoms in total. The van der Waals surface area contributed by atoms with Crippen LogP contribution in [0.5, 0.6) is 23.0 Å². The third-order valence-corrected chi connectivity index (χ3v) is 4.67. The van der Waals surface area contributed by atoms with Gasteiger partial charge >= 0.3 is 0 Å². The number of carbonyl (C=O) groups is 2. The Morgan fingerprint density at radius 3 is 2.56 bits per heavy atom. The molecule has 0 saturated heterocycles. The number of hydrogen-bond acceptors (Lipinski definition) is 6. The molecule has 2 aromatic rings. The van der Waals surface area contributed by atoms with Crippen LogP contribution in [0, 0.1) is 0 Å². The average molecular weight is 437 g/mol. The number of halogens is 1. The van der Waals surface area contributed by atoms with Crippen LogP contribution in [-0.4, -0.2) is 39.8 Å². The molecule has 2 amide bonds. The minimum absolute atomic E-state index is 0.0666. The Kier molecular flexibility index (Phi) is 5.41. The van der Waals surface area contributed by atoms with E-state index in [0.717, 1.165) is 0 Å². The van der Waals surface area contributed by atoms with Gasteiger partial charge in [0.15, 0.2) is 18.1 Å². The zero-order chi connectivity index (χ0) is 19.6. The van der Waals surface area contributed by atoms with Crippen LogP contribution in [0.4, 0.5) is 11.4 Å². The summed E-state index contributed by atoms with van der Waals surface area (Å²) >= 11 is 3.38. The number of methoxy groups -OCH3 is 3. The van der Waals surface area contributed by atoms with E-state index < -0.39 is 0 Å². The van der Waals surface area contributed by atoms with E-state index in [1.165, 1.54) is 21.3 Å². The number of ether oxygens (including phenoxy) is 4. The van der Waals surface area contributed by atoms with Gasteiger partial charge in [-0.05, 0) is 34.1 Å². The number of amides is 2. The lowest BCUT2D eigenvalue weighted by Gasteiger charge is -2.19. The quantitative estimate of drug-likeness (QED) is 0.747. The smallest absolute Gasteiger partial charge is 0.262 e. The lowest BCUT2D eigenvalue weighted by atomic mass is 10.1. The van der Waals surface area contributed by atoms with E-state index in [0.29, 0.717) is 44.4 Å². The molecule has 0 saturated carbocycles. The number of anilines is 2. The number of carbonyl (C=O) groups excluding carboxylic acids is 2. The lowest BCUT2D eigenvalue weighted by molar-refractivity contribution is -0.118. The first-order valence-corrected chi connectivity index (χ1v) is 8.64. The molecule has 1 heterocycles. The van der Waals surface area contributed by atoms with Gasteiger partial charge in [0.05, 0.1) is 37.1 Å². The molecule has 1 aliphatic rings. The summed E-state index contributed by atoms with van der Waals surface area (Å²) in [6.45, 7) is -0.0666. The zero-order valence-corrected chi connectivity index (χ0v) is 16.4. The molecule has 2 N–H and O–H groups in total. The van der Waals surface area contributed by atoms with Crippen molar-refractivity contribution in [3.63, 3.8) is 0 Å². The highest BCUT2D eigenvalue weighted by atomic mass is 79.9. The maximum Gasteiger partial charge on any atom is 0.262 e. The maximum absolute atomic E-state index is 12.8. The van der Waals surface area contributed by atoms with Crippen molar-refractivity contribution in [1.82, 2.24) is 0 Å². The van der Waals surface area contributed by atoms with Gasteiger partial charge in [0.1, 0.15) is 5.75 Å². The molecule has 0 aromatic heterocycles. The van der Waals surface area contributed by atoms with Crippen molar-refractivity contribution >= 4 is 39.1 Å². The monoisotopic (exact) mass is 436 g/mol. The number of hydrogen-bond donors (Lipinski definition) is 2. The first-order valence-electron chi connectivity index (χ1n) is 7.85. The molecule has 1 aliphatic heterocycles. The molecule has 0 spiro atoms. The van der Waals surface area contributed by atoms with Crippen LogP contribution < -0.4 is 29.6 Å². The minimum atomic E-state index is -0.388. The summed E-state index contributed by atoms with van der Waals surface area (Å²) in [5.74, 6) is 0.956. The molecule has 0 unspecified atom stereocenters. The van der Waals surface area contributed by atoms with Crippen LogP contribution in [0.1, 0.15) is 10.4 Å². The Bertz CT molecular complexity index is 915. The molecule has 0 bridgehead atoms. The number of rotatable bonds is 5. The molecule has 2 aromatic carbocycles. The minimum Gasteiger partial charge on any atom is -0.493 e. The van der Waals surface area contributed by atoms with Crippen LogP contribution in [0.2, 0.25) is 0 Å². The highest BCUT2D eigenvalue weighted by Gasteiger charge is 2.23. The molecular weight excluding hydrogens is 420 g/mol. The molecule has 0 fully saturated rings. The zero-order valence-electron chi connectivity index (χ0n) is 14.8. The fourth-order valence-corrected chi connectivity index (χ4v) is 3.27. The fourth-order valence-electron chi connectivity index (χ4n) is 2.64. The maximum atomic E-state index is 12.8. The number of fused-ring (bicyclic) bond motifs is 1. The summed E-state index contributed by atoms with van der Waals surface area (Å²) < 4.78 is 21.7. The average Bonchev–Trinajstić information content (AvgIpc) is 2.67. The van der Waals surface area contributed by atoms with Crippen LogP contribution in [-0.2, 0) is 4.79 Å². The first kappa shape index (κ1) is 18.8. The second-order valence-corrected chi connectivity index (χ2v) is 6.30. The van der Waals surface area contributed by atoms with E-state index in [-0.39, 0.29) is 18.4 Å². The molecule has 3 rings (SSSR count). The summed E-state index contributed by atoms with van der Waals surface area (Å²) in [6, 6.07) is 6.51. The summed E-state index contributed by atoms with van der Waals surface area (Å²) in [5.41, 5.74) is 1.37. The van der Waals surface area contributed by atoms with E-state index in [1.54, 1.807) is 24.3 Å². The topological polar surface area (TPSA) is 95.1 Å². The van der Waals surface area contributed by atoms with Crippen molar-refractivity contribution in [2.45, 2.75) is 0 Å². The summed E-state index contributed by atoms with van der Waals surface area (Å²) in [4.78, 5) is 24.1. The Balaban J connectivity index is 1.91. The summed E-state index contributed by atoms with van der Waals surface area (Å²) in [6.07, 6.45) is 0. The van der Waals surface area contributed by atoms with E-state index in [1.807, 2.05) is 0 Å². The molecular formula is C18H17BrN2O6. The van der Waals surface area contributed by atoms with Gasteiger partial charge in [0.25, 0.3) is 11.8 Å². The van der Waals surface area contributed by atoms with Crippen molar-refractivity contribution in [1.29, 1.82) is 0 Å². The highest BCUT2D eigenvalue weighted by molar-refractivity contribution is 9.10. The Labute approximate surface area is 163 Å². The van der Waals surface area contributed by atoms with Gasteiger partial charge in [-0.1, -0.05) is 0 Å². The first-order chi connectivity index (χ1) is 13.0. The van der Waals surface area contributed by atoms with Gasteiger partial charge in [0, 0.05) is 11.8 Å². The van der Waals surface area contributed by atoms with E-state index >= 15 is 0 Å². The van der Waals surface area contributed by atoms with Crippen LogP contribution in [0.25, 0.3) is 0 Å². The Morgan fingerprint density at radius 1 is 1.15 bits per heavy atom. The van der Waals surface area contributed by atoms with Gasteiger partial charge in [-0.3, -0.25) is 9.59 Å². The normalized spacial score (nSPS) is 12.4. The summed E-state index contributed by atoms with van der Waals surface area (Å²) in [7, 11) is 4.43. The van der Waals surface area contributed by atoms with Crippen molar-refractivity contribution in [2.75, 3.05) is 38.6 Å². The third kappa shape index (κ3) is 3.63. The summed E-state index contributed by atoms with van der Waals surface area (Å²) in [5, 5.41) is 5.48. The largest absolute Gasteiger partial charge is 0.493 e. The molecule has 27 heavy (non-hydrogen) atoms. The van der Waals surface area contributed by atoms with Crippen LogP contribution >= 0.6 is 15.9 Å². The predicted molar refractivity (Wildman–Crippen MR) is 102 cm³/mol. The third-order valence-electron chi connectivity index (χ3n) is 3.89. The number of nitrogens with one attached hydrogen (secondary N) is 2. The van der Waals surface area contributed by atoms with Gasteiger partial charge < -0.3 is 29.6 Å². The molecule has 0 aliphatic carbocycles. The second kappa shape index (κ2) is 7.75. The fraction of sp³-hybridized carbons (Fsp3) is 0.222. The molecule has 142 valence electrons. The lowest BCUT2D eigenvalue weighted by Crippen LogP contribution is -2.25. The van der Waals surface area contributed by atoms with Crippen molar-refractivity contribution in [3.8, 4) is 23.0 Å². The van der Waals surface area contributed by atoms with E-state index in [2.05, 4.69) is 26.6 Å². The Hall–Kier alpha value is -2.94. The van der Waals surface area contributed by atoms with Crippen molar-refractivity contribution < 1.29 is 28.5 Å². The van der Waals surface area contributed by atoms with Crippen molar-refractivity contribution in [2.24, 2.45) is 0 Å². The van der Waals surface area contributed by atoms with E-state index in [4.69, 9.17) is 18.9 Å².